The van der Waals surface area contributed by atoms with Crippen LogP contribution in [0.25, 0.3) is 0 Å². The van der Waals surface area contributed by atoms with Crippen molar-refractivity contribution in [2.45, 2.75) is 51.1 Å². The number of esters is 1. The molecule has 0 unspecified atom stereocenters. The summed E-state index contributed by atoms with van der Waals surface area (Å²) in [4.78, 5) is 29.2. The molecule has 2 bridgehead atoms. The van der Waals surface area contributed by atoms with Crippen LogP contribution in [0.15, 0.2) is 35.9 Å². The normalized spacial score (nSPS) is 37.0. The van der Waals surface area contributed by atoms with Crippen LogP contribution in [0.2, 0.25) is 0 Å². The fourth-order valence-corrected chi connectivity index (χ4v) is 6.88. The summed E-state index contributed by atoms with van der Waals surface area (Å²) in [6.45, 7) is 7.70. The number of para-hydroxylation sites is 1. The smallest absolute Gasteiger partial charge is 0.302 e. The molecule has 5 heteroatoms. The van der Waals surface area contributed by atoms with E-state index in [1.54, 1.807) is 6.92 Å². The Morgan fingerprint density at radius 2 is 2.07 bits per heavy atom. The lowest BCUT2D eigenvalue weighted by Crippen LogP contribution is -2.65. The average Bonchev–Trinajstić information content (AvgIpc) is 3.21. The highest BCUT2D eigenvalue weighted by Gasteiger charge is 2.67. The van der Waals surface area contributed by atoms with E-state index < -0.39 is 0 Å². The van der Waals surface area contributed by atoms with Crippen LogP contribution in [0, 0.1) is 11.8 Å². The van der Waals surface area contributed by atoms with Gasteiger partial charge in [0.1, 0.15) is 0 Å². The van der Waals surface area contributed by atoms with Crippen molar-refractivity contribution in [1.82, 2.24) is 4.90 Å². The summed E-state index contributed by atoms with van der Waals surface area (Å²) in [6.07, 6.45) is 4.39. The molecule has 1 aromatic rings. The molecule has 5 rings (SSSR count). The maximum Gasteiger partial charge on any atom is 0.302 e. The van der Waals surface area contributed by atoms with Gasteiger partial charge in [0.15, 0.2) is 0 Å². The maximum absolute atomic E-state index is 12.9. The van der Waals surface area contributed by atoms with E-state index in [0.717, 1.165) is 31.6 Å². The second kappa shape index (κ2) is 6.18. The van der Waals surface area contributed by atoms with Crippen molar-refractivity contribution < 1.29 is 14.3 Å². The number of hydrogen-bond acceptors (Lipinski definition) is 4. The predicted molar refractivity (Wildman–Crippen MR) is 107 cm³/mol. The molecule has 2 saturated heterocycles. The molecule has 148 valence electrons. The van der Waals surface area contributed by atoms with Gasteiger partial charge in [-0.25, -0.2) is 0 Å². The van der Waals surface area contributed by atoms with Gasteiger partial charge >= 0.3 is 5.97 Å². The molecule has 3 aliphatic heterocycles. The van der Waals surface area contributed by atoms with Gasteiger partial charge in [0.2, 0.25) is 5.91 Å². The van der Waals surface area contributed by atoms with Crippen LogP contribution >= 0.6 is 0 Å². The molecule has 0 aromatic heterocycles. The molecule has 5 nitrogen and oxygen atoms in total. The molecule has 4 aliphatic rings. The van der Waals surface area contributed by atoms with Crippen molar-refractivity contribution in [2.75, 3.05) is 24.6 Å². The van der Waals surface area contributed by atoms with E-state index >= 15 is 0 Å². The largest absolute Gasteiger partial charge is 0.465 e. The fraction of sp³-hybridized carbons (Fsp3) is 0.565. The molecule has 3 fully saturated rings. The summed E-state index contributed by atoms with van der Waals surface area (Å²) in [7, 11) is 0. The van der Waals surface area contributed by atoms with Gasteiger partial charge in [0.05, 0.1) is 12.6 Å². The molecule has 0 radical (unpaired) electrons. The number of piperidine rings is 1. The molecule has 3 heterocycles. The second-order valence-electron chi connectivity index (χ2n) is 8.80. The lowest BCUT2D eigenvalue weighted by atomic mass is 9.55. The molecule has 1 amide bonds. The highest BCUT2D eigenvalue weighted by Crippen LogP contribution is 2.63. The summed E-state index contributed by atoms with van der Waals surface area (Å²) >= 11 is 0. The van der Waals surface area contributed by atoms with Crippen LogP contribution in [-0.4, -0.2) is 48.6 Å². The molecule has 28 heavy (non-hydrogen) atoms. The average molecular weight is 380 g/mol. The van der Waals surface area contributed by atoms with Gasteiger partial charge < -0.3 is 9.64 Å². The number of ether oxygens (including phenoxy) is 1. The van der Waals surface area contributed by atoms with Crippen molar-refractivity contribution in [3.05, 3.63) is 41.5 Å². The Morgan fingerprint density at radius 1 is 1.29 bits per heavy atom. The minimum absolute atomic E-state index is 0.0470. The van der Waals surface area contributed by atoms with Crippen LogP contribution in [0.3, 0.4) is 0 Å². The van der Waals surface area contributed by atoms with Gasteiger partial charge in [-0.1, -0.05) is 29.8 Å². The van der Waals surface area contributed by atoms with Gasteiger partial charge in [0.25, 0.3) is 0 Å². The number of amides is 1. The third kappa shape index (κ3) is 2.17. The van der Waals surface area contributed by atoms with Gasteiger partial charge in [0, 0.05) is 43.5 Å². The SMILES string of the molecule is CC=C1CN2CC[C@]34c5ccccc5N(C(C)=O)[C@H]3[C@H](COC(C)=O)[C@@H]1C[C@H]24. The summed E-state index contributed by atoms with van der Waals surface area (Å²) in [6, 6.07) is 8.94. The summed E-state index contributed by atoms with van der Waals surface area (Å²) in [5.74, 6) is 0.329. The number of benzene rings is 1. The molecule has 5 atom stereocenters. The van der Waals surface area contributed by atoms with Gasteiger partial charge in [-0.3, -0.25) is 14.5 Å². The first-order valence-electron chi connectivity index (χ1n) is 10.4. The Morgan fingerprint density at radius 3 is 2.79 bits per heavy atom. The number of fused-ring (bicyclic) bond motifs is 2. The van der Waals surface area contributed by atoms with Crippen LogP contribution in [-0.2, 0) is 19.7 Å². The first-order valence-corrected chi connectivity index (χ1v) is 10.4. The van der Waals surface area contributed by atoms with Crippen molar-refractivity contribution in [3.63, 3.8) is 0 Å². The molecule has 1 spiro atoms. The number of carbonyl (C=O) groups is 2. The van der Waals surface area contributed by atoms with E-state index in [4.69, 9.17) is 4.74 Å². The van der Waals surface area contributed by atoms with E-state index in [-0.39, 0.29) is 29.3 Å². The number of carbonyl (C=O) groups excluding carboxylic acids is 2. The molecule has 1 saturated carbocycles. The predicted octanol–water partition coefficient (Wildman–Crippen LogP) is 2.89. The Hall–Kier alpha value is -2.14. The van der Waals surface area contributed by atoms with Gasteiger partial charge in [-0.05, 0) is 43.9 Å². The highest BCUT2D eigenvalue weighted by molar-refractivity contribution is 5.96. The summed E-state index contributed by atoms with van der Waals surface area (Å²) in [5.41, 5.74) is 3.76. The molecular formula is C23H28N2O3. The number of anilines is 1. The lowest BCUT2D eigenvalue weighted by molar-refractivity contribution is -0.144. The number of nitrogens with zero attached hydrogens (tertiary/aromatic N) is 2. The van der Waals surface area contributed by atoms with Crippen LogP contribution in [0.1, 0.15) is 39.2 Å². The zero-order valence-electron chi connectivity index (χ0n) is 16.9. The Kier molecular flexibility index (Phi) is 3.96. The summed E-state index contributed by atoms with van der Waals surface area (Å²) in [5, 5.41) is 0. The van der Waals surface area contributed by atoms with Crippen LogP contribution < -0.4 is 4.90 Å². The third-order valence-electron chi connectivity index (χ3n) is 7.77. The molecular weight excluding hydrogens is 352 g/mol. The Balaban J connectivity index is 1.71. The van der Waals surface area contributed by atoms with Crippen LogP contribution in [0.5, 0.6) is 0 Å². The van der Waals surface area contributed by atoms with E-state index in [1.165, 1.54) is 18.1 Å². The first-order chi connectivity index (χ1) is 13.5. The zero-order chi connectivity index (χ0) is 19.6. The van der Waals surface area contributed by atoms with Crippen molar-refractivity contribution in [1.29, 1.82) is 0 Å². The highest BCUT2D eigenvalue weighted by atomic mass is 16.5. The zero-order valence-corrected chi connectivity index (χ0v) is 16.9. The Bertz CT molecular complexity index is 878. The molecule has 1 aliphatic carbocycles. The summed E-state index contributed by atoms with van der Waals surface area (Å²) < 4.78 is 5.59. The molecule has 1 aromatic carbocycles. The minimum Gasteiger partial charge on any atom is -0.465 e. The second-order valence-corrected chi connectivity index (χ2v) is 8.80. The van der Waals surface area contributed by atoms with Crippen molar-refractivity contribution >= 4 is 17.6 Å². The minimum atomic E-state index is -0.244. The number of hydrogen-bond donors (Lipinski definition) is 0. The topological polar surface area (TPSA) is 49.9 Å². The van der Waals surface area contributed by atoms with Crippen molar-refractivity contribution in [2.24, 2.45) is 11.8 Å². The van der Waals surface area contributed by atoms with Gasteiger partial charge in [-0.2, -0.15) is 0 Å². The van der Waals surface area contributed by atoms with Gasteiger partial charge in [-0.15, -0.1) is 0 Å². The number of allylic oxidation sites excluding steroid dienone is 1. The Labute approximate surface area is 166 Å². The van der Waals surface area contributed by atoms with E-state index in [0.29, 0.717) is 18.6 Å². The molecule has 0 N–H and O–H groups in total. The fourth-order valence-electron chi connectivity index (χ4n) is 6.88. The van der Waals surface area contributed by atoms with E-state index in [1.807, 2.05) is 11.0 Å². The quantitative estimate of drug-likeness (QED) is 0.585. The third-order valence-corrected chi connectivity index (χ3v) is 7.77. The first kappa shape index (κ1) is 17.9. The van der Waals surface area contributed by atoms with E-state index in [2.05, 4.69) is 36.1 Å². The maximum atomic E-state index is 12.9. The van der Waals surface area contributed by atoms with Crippen molar-refractivity contribution in [3.8, 4) is 0 Å². The lowest BCUT2D eigenvalue weighted by Gasteiger charge is -2.56. The van der Waals surface area contributed by atoms with E-state index in [9.17, 15) is 9.59 Å². The monoisotopic (exact) mass is 380 g/mol. The number of rotatable bonds is 2. The standard InChI is InChI=1S/C23H28N2O3/c1-4-16-12-24-10-9-23-19-7-5-6-8-20(19)25(14(2)26)22(23)18(13-28-15(3)27)17(16)11-21(23)24/h4-8,17-18,21-22H,9-13H2,1-3H3/t17-,18-,21+,22+,23-/m1/s1. The van der Waals surface area contributed by atoms with Crippen LogP contribution in [0.4, 0.5) is 5.69 Å².